The predicted octanol–water partition coefficient (Wildman–Crippen LogP) is 3.20. The molecule has 1 aliphatic rings. The molecule has 1 aromatic rings. The maximum absolute atomic E-state index is 11.8. The molecule has 0 heterocycles. The van der Waals surface area contributed by atoms with Gasteiger partial charge >= 0.3 is 6.03 Å². The van der Waals surface area contributed by atoms with E-state index in [1.165, 1.54) is 13.3 Å². The van der Waals surface area contributed by atoms with Crippen molar-refractivity contribution in [3.8, 4) is 0 Å². The van der Waals surface area contributed by atoms with Gasteiger partial charge < -0.3 is 10.6 Å². The number of anilines is 1. The van der Waals surface area contributed by atoms with Crippen LogP contribution in [0, 0.1) is 5.92 Å². The molecule has 19 heavy (non-hydrogen) atoms. The minimum Gasteiger partial charge on any atom is -0.335 e. The fourth-order valence-electron chi connectivity index (χ4n) is 2.27. The summed E-state index contributed by atoms with van der Waals surface area (Å²) in [5.41, 5.74) is 1.26. The molecule has 0 radical (unpaired) electrons. The van der Waals surface area contributed by atoms with E-state index in [2.05, 4.69) is 17.6 Å². The largest absolute Gasteiger partial charge is 0.335 e. The van der Waals surface area contributed by atoms with E-state index in [0.29, 0.717) is 23.2 Å². The molecule has 4 heteroatoms. The Balaban J connectivity index is 1.86. The topological polar surface area (TPSA) is 58.2 Å². The van der Waals surface area contributed by atoms with Crippen molar-refractivity contribution in [2.75, 3.05) is 5.32 Å². The Labute approximate surface area is 113 Å². The lowest BCUT2D eigenvalue weighted by atomic mass is 10.1. The van der Waals surface area contributed by atoms with E-state index in [1.807, 2.05) is 0 Å². The van der Waals surface area contributed by atoms with Crippen molar-refractivity contribution < 1.29 is 9.59 Å². The highest BCUT2D eigenvalue weighted by atomic mass is 16.2. The third-order valence-electron chi connectivity index (χ3n) is 3.43. The number of nitrogens with one attached hydrogen (secondary N) is 2. The number of carbonyl (C=O) groups excluding carboxylic acids is 2. The fraction of sp³-hybridized carbons (Fsp3) is 0.467. The SMILES string of the molecule is CCCC1CC1NC(=O)Nc1cccc(C(C)=O)c1. The van der Waals surface area contributed by atoms with Crippen molar-refractivity contribution in [3.63, 3.8) is 0 Å². The number of carbonyl (C=O) groups is 2. The maximum atomic E-state index is 11.8. The summed E-state index contributed by atoms with van der Waals surface area (Å²) in [7, 11) is 0. The molecule has 4 nitrogen and oxygen atoms in total. The first-order chi connectivity index (χ1) is 9.10. The first kappa shape index (κ1) is 13.6. The molecule has 0 spiro atoms. The van der Waals surface area contributed by atoms with Gasteiger partial charge in [0.1, 0.15) is 0 Å². The average Bonchev–Trinajstić information content (AvgIpc) is 3.07. The zero-order chi connectivity index (χ0) is 13.8. The van der Waals surface area contributed by atoms with Crippen molar-refractivity contribution in [1.29, 1.82) is 0 Å². The summed E-state index contributed by atoms with van der Waals surface area (Å²) < 4.78 is 0. The second kappa shape index (κ2) is 5.87. The van der Waals surface area contributed by atoms with Gasteiger partial charge in [0.2, 0.25) is 0 Å². The molecule has 2 atom stereocenters. The van der Waals surface area contributed by atoms with Gasteiger partial charge in [-0.3, -0.25) is 4.79 Å². The number of hydrogen-bond acceptors (Lipinski definition) is 2. The number of urea groups is 1. The summed E-state index contributed by atoms with van der Waals surface area (Å²) in [4.78, 5) is 23.0. The Morgan fingerprint density at radius 1 is 1.37 bits per heavy atom. The van der Waals surface area contributed by atoms with Crippen LogP contribution in [0.2, 0.25) is 0 Å². The Morgan fingerprint density at radius 3 is 2.84 bits per heavy atom. The average molecular weight is 260 g/mol. The first-order valence-corrected chi connectivity index (χ1v) is 6.78. The van der Waals surface area contributed by atoms with E-state index in [1.54, 1.807) is 24.3 Å². The van der Waals surface area contributed by atoms with Crippen LogP contribution in [0.3, 0.4) is 0 Å². The van der Waals surface area contributed by atoms with Gasteiger partial charge in [0.15, 0.2) is 5.78 Å². The van der Waals surface area contributed by atoms with E-state index >= 15 is 0 Å². The van der Waals surface area contributed by atoms with Crippen LogP contribution in [-0.4, -0.2) is 17.9 Å². The predicted molar refractivity (Wildman–Crippen MR) is 75.4 cm³/mol. The van der Waals surface area contributed by atoms with Crippen LogP contribution in [-0.2, 0) is 0 Å². The Bertz CT molecular complexity index is 485. The molecule has 1 saturated carbocycles. The molecular weight excluding hydrogens is 240 g/mol. The normalized spacial score (nSPS) is 20.7. The van der Waals surface area contributed by atoms with Gasteiger partial charge in [-0.2, -0.15) is 0 Å². The summed E-state index contributed by atoms with van der Waals surface area (Å²) in [5.74, 6) is 0.633. The van der Waals surface area contributed by atoms with Crippen LogP contribution in [0.5, 0.6) is 0 Å². The molecule has 2 unspecified atom stereocenters. The number of hydrogen-bond donors (Lipinski definition) is 2. The molecular formula is C15H20N2O2. The van der Waals surface area contributed by atoms with Crippen LogP contribution in [0.15, 0.2) is 24.3 Å². The summed E-state index contributed by atoms with van der Waals surface area (Å²) in [6.45, 7) is 3.67. The van der Waals surface area contributed by atoms with Crippen LogP contribution in [0.25, 0.3) is 0 Å². The van der Waals surface area contributed by atoms with Crippen molar-refractivity contribution in [2.24, 2.45) is 5.92 Å². The summed E-state index contributed by atoms with van der Waals surface area (Å²) in [5, 5.41) is 5.72. The van der Waals surface area contributed by atoms with Crippen molar-refractivity contribution in [2.45, 2.75) is 39.2 Å². The quantitative estimate of drug-likeness (QED) is 0.799. The lowest BCUT2D eigenvalue weighted by Crippen LogP contribution is -2.31. The lowest BCUT2D eigenvalue weighted by molar-refractivity contribution is 0.101. The second-order valence-corrected chi connectivity index (χ2v) is 5.13. The monoisotopic (exact) mass is 260 g/mol. The van der Waals surface area contributed by atoms with Gasteiger partial charge in [0.25, 0.3) is 0 Å². The van der Waals surface area contributed by atoms with Crippen molar-refractivity contribution in [3.05, 3.63) is 29.8 Å². The third kappa shape index (κ3) is 3.81. The van der Waals surface area contributed by atoms with Crippen LogP contribution < -0.4 is 10.6 Å². The van der Waals surface area contributed by atoms with Gasteiger partial charge in [0, 0.05) is 17.3 Å². The van der Waals surface area contributed by atoms with Gasteiger partial charge in [-0.1, -0.05) is 25.5 Å². The summed E-state index contributed by atoms with van der Waals surface area (Å²) in [6.07, 6.45) is 3.41. The number of Topliss-reactive ketones (excluding diaryl/α,β-unsaturated/α-hetero) is 1. The molecule has 1 aliphatic carbocycles. The number of benzene rings is 1. The molecule has 1 aromatic carbocycles. The Hall–Kier alpha value is -1.84. The van der Waals surface area contributed by atoms with Crippen molar-refractivity contribution in [1.82, 2.24) is 5.32 Å². The van der Waals surface area contributed by atoms with Gasteiger partial charge in [-0.25, -0.2) is 4.79 Å². The third-order valence-corrected chi connectivity index (χ3v) is 3.43. The molecule has 0 bridgehead atoms. The maximum Gasteiger partial charge on any atom is 0.319 e. The number of amides is 2. The minimum absolute atomic E-state index is 0.00531. The number of rotatable bonds is 5. The van der Waals surface area contributed by atoms with Crippen LogP contribution in [0.4, 0.5) is 10.5 Å². The fourth-order valence-corrected chi connectivity index (χ4v) is 2.27. The zero-order valence-electron chi connectivity index (χ0n) is 11.4. The summed E-state index contributed by atoms with van der Waals surface area (Å²) in [6, 6.07) is 7.11. The van der Waals surface area contributed by atoms with Gasteiger partial charge in [-0.15, -0.1) is 0 Å². The Morgan fingerprint density at radius 2 is 2.16 bits per heavy atom. The first-order valence-electron chi connectivity index (χ1n) is 6.78. The van der Waals surface area contributed by atoms with E-state index < -0.39 is 0 Å². The molecule has 2 amide bonds. The lowest BCUT2D eigenvalue weighted by Gasteiger charge is -2.08. The molecule has 0 saturated heterocycles. The highest BCUT2D eigenvalue weighted by Gasteiger charge is 2.37. The molecule has 102 valence electrons. The van der Waals surface area contributed by atoms with E-state index in [4.69, 9.17) is 0 Å². The highest BCUT2D eigenvalue weighted by molar-refractivity contribution is 5.96. The molecule has 0 aliphatic heterocycles. The highest BCUT2D eigenvalue weighted by Crippen LogP contribution is 2.34. The van der Waals surface area contributed by atoms with Gasteiger partial charge in [-0.05, 0) is 37.8 Å². The van der Waals surface area contributed by atoms with E-state index in [9.17, 15) is 9.59 Å². The zero-order valence-corrected chi connectivity index (χ0v) is 11.4. The Kier molecular flexibility index (Phi) is 4.20. The summed E-state index contributed by atoms with van der Waals surface area (Å²) >= 11 is 0. The molecule has 2 rings (SSSR count). The molecule has 1 fully saturated rings. The smallest absolute Gasteiger partial charge is 0.319 e. The van der Waals surface area contributed by atoms with Crippen LogP contribution in [0.1, 0.15) is 43.5 Å². The number of ketones is 1. The van der Waals surface area contributed by atoms with E-state index in [-0.39, 0.29) is 11.8 Å². The molecule has 2 N–H and O–H groups in total. The molecule has 0 aromatic heterocycles. The minimum atomic E-state index is -0.190. The standard InChI is InChI=1S/C15H20N2O2/c1-3-5-12-9-14(12)17-15(19)16-13-7-4-6-11(8-13)10(2)18/h4,6-8,12,14H,3,5,9H2,1-2H3,(H2,16,17,19). The second-order valence-electron chi connectivity index (χ2n) is 5.13. The van der Waals surface area contributed by atoms with Gasteiger partial charge in [0.05, 0.1) is 0 Å². The van der Waals surface area contributed by atoms with Crippen LogP contribution >= 0.6 is 0 Å². The van der Waals surface area contributed by atoms with E-state index in [0.717, 1.165) is 12.8 Å². The van der Waals surface area contributed by atoms with Crippen molar-refractivity contribution >= 4 is 17.5 Å².